The Morgan fingerprint density at radius 1 is 1.17 bits per heavy atom. The molecule has 2 N–H and O–H groups in total. The van der Waals surface area contributed by atoms with E-state index in [0.717, 1.165) is 11.1 Å². The van der Waals surface area contributed by atoms with E-state index in [0.29, 0.717) is 17.9 Å². The van der Waals surface area contributed by atoms with E-state index in [9.17, 15) is 9.59 Å². The molecule has 2 aromatic rings. The lowest BCUT2D eigenvalue weighted by Gasteiger charge is -2.15. The topological polar surface area (TPSA) is 75.6 Å². The zero-order valence-corrected chi connectivity index (χ0v) is 13.8. The second kappa shape index (κ2) is 8.15. The van der Waals surface area contributed by atoms with Gasteiger partial charge in [0.25, 0.3) is 5.91 Å². The first-order chi connectivity index (χ1) is 11.4. The number of carbonyl (C=O) groups excluding carboxylic acids is 1. The Hall–Kier alpha value is -2.82. The van der Waals surface area contributed by atoms with Crippen molar-refractivity contribution in [2.75, 3.05) is 5.32 Å². The summed E-state index contributed by atoms with van der Waals surface area (Å²) in [6.07, 6.45) is -0.0674. The zero-order chi connectivity index (χ0) is 17.5. The van der Waals surface area contributed by atoms with Gasteiger partial charge in [-0.1, -0.05) is 24.3 Å². The van der Waals surface area contributed by atoms with E-state index < -0.39 is 12.1 Å². The van der Waals surface area contributed by atoms with Gasteiger partial charge < -0.3 is 15.2 Å². The molecule has 0 aliphatic heterocycles. The fourth-order valence-corrected chi connectivity index (χ4v) is 2.20. The number of rotatable bonds is 7. The summed E-state index contributed by atoms with van der Waals surface area (Å²) in [6.45, 7) is 3.66. The third kappa shape index (κ3) is 5.43. The van der Waals surface area contributed by atoms with E-state index in [1.807, 2.05) is 43.3 Å². The van der Waals surface area contributed by atoms with Crippen LogP contribution < -0.4 is 10.1 Å². The summed E-state index contributed by atoms with van der Waals surface area (Å²) >= 11 is 0. The normalized spacial score (nSPS) is 11.6. The van der Waals surface area contributed by atoms with E-state index in [2.05, 4.69) is 5.32 Å². The SMILES string of the molecule is Cc1cccc(OC(C)C(=O)Nc2ccc(CCC(=O)O)cc2)c1. The summed E-state index contributed by atoms with van der Waals surface area (Å²) in [4.78, 5) is 22.7. The molecule has 24 heavy (non-hydrogen) atoms. The number of hydrogen-bond acceptors (Lipinski definition) is 3. The summed E-state index contributed by atoms with van der Waals surface area (Å²) < 4.78 is 5.64. The van der Waals surface area contributed by atoms with Gasteiger partial charge in [0.05, 0.1) is 0 Å². The highest BCUT2D eigenvalue weighted by atomic mass is 16.5. The molecule has 5 heteroatoms. The van der Waals surface area contributed by atoms with Crippen molar-refractivity contribution in [2.45, 2.75) is 32.8 Å². The Morgan fingerprint density at radius 2 is 1.88 bits per heavy atom. The number of anilines is 1. The maximum absolute atomic E-state index is 12.2. The van der Waals surface area contributed by atoms with Crippen LogP contribution in [0.1, 0.15) is 24.5 Å². The maximum Gasteiger partial charge on any atom is 0.303 e. The lowest BCUT2D eigenvalue weighted by atomic mass is 10.1. The lowest BCUT2D eigenvalue weighted by molar-refractivity contribution is -0.137. The van der Waals surface area contributed by atoms with Gasteiger partial charge in [0.15, 0.2) is 6.10 Å². The van der Waals surface area contributed by atoms with Crippen LogP contribution in [0.15, 0.2) is 48.5 Å². The summed E-state index contributed by atoms with van der Waals surface area (Å²) in [5, 5.41) is 11.5. The Morgan fingerprint density at radius 3 is 2.50 bits per heavy atom. The molecule has 0 radical (unpaired) electrons. The third-order valence-electron chi connectivity index (χ3n) is 3.52. The Labute approximate surface area is 141 Å². The molecule has 0 aliphatic carbocycles. The number of hydrogen-bond donors (Lipinski definition) is 2. The number of aliphatic carboxylic acids is 1. The van der Waals surface area contributed by atoms with Crippen molar-refractivity contribution in [2.24, 2.45) is 0 Å². The highest BCUT2D eigenvalue weighted by molar-refractivity contribution is 5.94. The number of ether oxygens (including phenoxy) is 1. The minimum atomic E-state index is -0.825. The van der Waals surface area contributed by atoms with Crippen LogP contribution in [0.2, 0.25) is 0 Å². The highest BCUT2D eigenvalue weighted by Gasteiger charge is 2.15. The summed E-state index contributed by atoms with van der Waals surface area (Å²) in [6, 6.07) is 14.7. The number of aryl methyl sites for hydroxylation is 2. The second-order valence-corrected chi connectivity index (χ2v) is 5.66. The molecule has 0 bridgehead atoms. The van der Waals surface area contributed by atoms with E-state index >= 15 is 0 Å². The van der Waals surface area contributed by atoms with Gasteiger partial charge in [-0.3, -0.25) is 9.59 Å². The van der Waals surface area contributed by atoms with Crippen molar-refractivity contribution >= 4 is 17.6 Å². The van der Waals surface area contributed by atoms with Crippen molar-refractivity contribution in [1.29, 1.82) is 0 Å². The minimum absolute atomic E-state index is 0.0903. The number of nitrogens with one attached hydrogen (secondary N) is 1. The average molecular weight is 327 g/mol. The van der Waals surface area contributed by atoms with Crippen molar-refractivity contribution < 1.29 is 19.4 Å². The molecule has 0 heterocycles. The van der Waals surface area contributed by atoms with Crippen molar-refractivity contribution in [3.63, 3.8) is 0 Å². The highest BCUT2D eigenvalue weighted by Crippen LogP contribution is 2.16. The van der Waals surface area contributed by atoms with Crippen LogP contribution in [0.4, 0.5) is 5.69 Å². The van der Waals surface area contributed by atoms with E-state index in [-0.39, 0.29) is 12.3 Å². The predicted molar refractivity (Wildman–Crippen MR) is 92.3 cm³/mol. The quantitative estimate of drug-likeness (QED) is 0.817. The van der Waals surface area contributed by atoms with Crippen LogP contribution in [0.5, 0.6) is 5.75 Å². The van der Waals surface area contributed by atoms with Crippen LogP contribution in [0, 0.1) is 6.92 Å². The molecule has 5 nitrogen and oxygen atoms in total. The van der Waals surface area contributed by atoms with Gasteiger partial charge in [0.2, 0.25) is 0 Å². The van der Waals surface area contributed by atoms with Gasteiger partial charge >= 0.3 is 5.97 Å². The van der Waals surface area contributed by atoms with Crippen molar-refractivity contribution in [1.82, 2.24) is 0 Å². The molecule has 1 atom stereocenters. The molecular formula is C19H21NO4. The largest absolute Gasteiger partial charge is 0.481 e. The minimum Gasteiger partial charge on any atom is -0.481 e. The molecule has 2 rings (SSSR count). The monoisotopic (exact) mass is 327 g/mol. The van der Waals surface area contributed by atoms with Gasteiger partial charge in [-0.25, -0.2) is 0 Å². The van der Waals surface area contributed by atoms with Crippen LogP contribution in [-0.4, -0.2) is 23.1 Å². The summed E-state index contributed by atoms with van der Waals surface area (Å²) in [5.41, 5.74) is 2.63. The first-order valence-corrected chi connectivity index (χ1v) is 7.79. The van der Waals surface area contributed by atoms with Crippen LogP contribution >= 0.6 is 0 Å². The van der Waals surface area contributed by atoms with Crippen LogP contribution in [0.3, 0.4) is 0 Å². The summed E-state index contributed by atoms with van der Waals surface area (Å²) in [5.74, 6) is -0.411. The predicted octanol–water partition coefficient (Wildman–Crippen LogP) is 3.42. The smallest absolute Gasteiger partial charge is 0.303 e. The van der Waals surface area contributed by atoms with Crippen LogP contribution in [0.25, 0.3) is 0 Å². The van der Waals surface area contributed by atoms with E-state index in [1.165, 1.54) is 0 Å². The zero-order valence-electron chi connectivity index (χ0n) is 13.8. The number of carboxylic acid groups (broad SMARTS) is 1. The number of carbonyl (C=O) groups is 2. The summed E-state index contributed by atoms with van der Waals surface area (Å²) in [7, 11) is 0. The molecule has 1 unspecified atom stereocenters. The number of amides is 1. The Balaban J connectivity index is 1.90. The molecule has 126 valence electrons. The van der Waals surface area contributed by atoms with Gasteiger partial charge in [-0.05, 0) is 55.7 Å². The molecule has 2 aromatic carbocycles. The molecule has 0 spiro atoms. The molecule has 1 amide bonds. The average Bonchev–Trinajstić information content (AvgIpc) is 2.54. The molecule has 0 saturated heterocycles. The maximum atomic E-state index is 12.2. The van der Waals surface area contributed by atoms with Crippen molar-refractivity contribution in [3.8, 4) is 5.75 Å². The third-order valence-corrected chi connectivity index (χ3v) is 3.52. The van der Waals surface area contributed by atoms with Crippen LogP contribution in [-0.2, 0) is 16.0 Å². The fraction of sp³-hybridized carbons (Fsp3) is 0.263. The Kier molecular flexibility index (Phi) is 5.95. The molecule has 0 saturated carbocycles. The molecule has 0 aliphatic rings. The standard InChI is InChI=1S/C19H21NO4/c1-13-4-3-5-17(12-13)24-14(2)19(23)20-16-9-6-15(7-10-16)8-11-18(21)22/h3-7,9-10,12,14H,8,11H2,1-2H3,(H,20,23)(H,21,22). The number of carboxylic acids is 1. The van der Waals surface area contributed by atoms with Gasteiger partial charge in [0, 0.05) is 12.1 Å². The fourth-order valence-electron chi connectivity index (χ4n) is 2.20. The first kappa shape index (κ1) is 17.5. The van der Waals surface area contributed by atoms with Gasteiger partial charge in [-0.2, -0.15) is 0 Å². The van der Waals surface area contributed by atoms with E-state index in [1.54, 1.807) is 19.1 Å². The van der Waals surface area contributed by atoms with Gasteiger partial charge in [-0.15, -0.1) is 0 Å². The molecular weight excluding hydrogens is 306 g/mol. The van der Waals surface area contributed by atoms with Gasteiger partial charge in [0.1, 0.15) is 5.75 Å². The molecule has 0 fully saturated rings. The second-order valence-electron chi connectivity index (χ2n) is 5.66. The first-order valence-electron chi connectivity index (χ1n) is 7.79. The van der Waals surface area contributed by atoms with Crippen molar-refractivity contribution in [3.05, 3.63) is 59.7 Å². The van der Waals surface area contributed by atoms with E-state index in [4.69, 9.17) is 9.84 Å². The lowest BCUT2D eigenvalue weighted by Crippen LogP contribution is -2.30. The molecule has 0 aromatic heterocycles. The Bertz CT molecular complexity index is 710. The number of benzene rings is 2.